The van der Waals surface area contributed by atoms with E-state index < -0.39 is 5.91 Å². The number of pyridine rings is 1. The van der Waals surface area contributed by atoms with E-state index >= 15 is 0 Å². The van der Waals surface area contributed by atoms with Crippen LogP contribution in [0.25, 0.3) is 11.1 Å². The van der Waals surface area contributed by atoms with E-state index in [2.05, 4.69) is 9.88 Å². The molecule has 1 fully saturated rings. The van der Waals surface area contributed by atoms with Gasteiger partial charge in [0.2, 0.25) is 0 Å². The number of carbonyl (C=O) groups excluding carboxylic acids is 1. The summed E-state index contributed by atoms with van der Waals surface area (Å²) in [6.45, 7) is 6.81. The molecule has 3 rings (SSSR count). The maximum Gasteiger partial charge on any atom is 0.271 e. The van der Waals surface area contributed by atoms with Crippen LogP contribution >= 0.6 is 0 Å². The van der Waals surface area contributed by atoms with Crippen molar-refractivity contribution in [2.75, 3.05) is 26.2 Å². The Morgan fingerprint density at radius 2 is 1.93 bits per heavy atom. The molecule has 0 spiro atoms. The average molecular weight is 373 g/mol. The molecule has 2 aromatic rings. The van der Waals surface area contributed by atoms with E-state index in [0.717, 1.165) is 18.7 Å². The summed E-state index contributed by atoms with van der Waals surface area (Å²) in [6.07, 6.45) is 1.84. The molecule has 0 aliphatic carbocycles. The summed E-state index contributed by atoms with van der Waals surface area (Å²) in [5, 5.41) is 0. The first-order valence-corrected chi connectivity index (χ1v) is 8.99. The zero-order valence-corrected chi connectivity index (χ0v) is 15.5. The summed E-state index contributed by atoms with van der Waals surface area (Å²) in [6, 6.07) is 7.72. The second-order valence-electron chi connectivity index (χ2n) is 6.77. The summed E-state index contributed by atoms with van der Waals surface area (Å²) < 4.78 is 24.9. The van der Waals surface area contributed by atoms with Crippen molar-refractivity contribution < 1.29 is 18.7 Å². The van der Waals surface area contributed by atoms with Gasteiger partial charge < -0.3 is 15.2 Å². The maximum absolute atomic E-state index is 13.2. The molecule has 1 aromatic heterocycles. The standard InChI is InChI=1S/C20H24FN3O3/c1-13-11-24(12-14(2)27-13)9-10-26-19-17(7-8-23-18(19)20(22)25)15-3-5-16(21)6-4-15/h3-8,13-14H,9-12H2,1-2H3,(H2,22,25)/t13-,14+. The fourth-order valence-electron chi connectivity index (χ4n) is 3.37. The predicted molar refractivity (Wildman–Crippen MR) is 100 cm³/mol. The van der Waals surface area contributed by atoms with Crippen LogP contribution in [0.2, 0.25) is 0 Å². The number of aromatic nitrogens is 1. The van der Waals surface area contributed by atoms with Crippen molar-refractivity contribution in [3.8, 4) is 16.9 Å². The molecule has 0 saturated carbocycles. The third-order valence-corrected chi connectivity index (χ3v) is 4.44. The van der Waals surface area contributed by atoms with Crippen LogP contribution in [0, 0.1) is 5.82 Å². The number of carbonyl (C=O) groups is 1. The summed E-state index contributed by atoms with van der Waals surface area (Å²) in [4.78, 5) is 18.1. The van der Waals surface area contributed by atoms with E-state index in [1.165, 1.54) is 18.3 Å². The number of morpholine rings is 1. The monoisotopic (exact) mass is 373 g/mol. The first-order valence-electron chi connectivity index (χ1n) is 8.99. The Morgan fingerprint density at radius 1 is 1.26 bits per heavy atom. The average Bonchev–Trinajstić information content (AvgIpc) is 2.61. The first-order chi connectivity index (χ1) is 12.9. The molecule has 7 heteroatoms. The lowest BCUT2D eigenvalue weighted by molar-refractivity contribution is -0.0699. The number of benzene rings is 1. The van der Waals surface area contributed by atoms with E-state index in [0.29, 0.717) is 24.5 Å². The molecule has 0 unspecified atom stereocenters. The van der Waals surface area contributed by atoms with Crippen molar-refractivity contribution >= 4 is 5.91 Å². The summed E-state index contributed by atoms with van der Waals surface area (Å²) in [7, 11) is 0. The highest BCUT2D eigenvalue weighted by Crippen LogP contribution is 2.32. The third kappa shape index (κ3) is 4.81. The number of halogens is 1. The summed E-state index contributed by atoms with van der Waals surface area (Å²) in [5.74, 6) is -0.672. The first kappa shape index (κ1) is 19.3. The van der Waals surface area contributed by atoms with Gasteiger partial charge in [-0.3, -0.25) is 9.69 Å². The molecule has 1 aromatic carbocycles. The van der Waals surface area contributed by atoms with Gasteiger partial charge in [0.1, 0.15) is 12.4 Å². The van der Waals surface area contributed by atoms with Crippen LogP contribution in [0.15, 0.2) is 36.5 Å². The molecule has 1 saturated heterocycles. The van der Waals surface area contributed by atoms with E-state index in [-0.39, 0.29) is 23.7 Å². The van der Waals surface area contributed by atoms with Gasteiger partial charge in [-0.05, 0) is 37.6 Å². The fraction of sp³-hybridized carbons (Fsp3) is 0.400. The smallest absolute Gasteiger partial charge is 0.271 e. The molecule has 27 heavy (non-hydrogen) atoms. The Hall–Kier alpha value is -2.51. The van der Waals surface area contributed by atoms with Crippen molar-refractivity contribution in [2.24, 2.45) is 5.73 Å². The zero-order valence-electron chi connectivity index (χ0n) is 15.5. The molecule has 6 nitrogen and oxygen atoms in total. The van der Waals surface area contributed by atoms with Gasteiger partial charge >= 0.3 is 0 Å². The van der Waals surface area contributed by atoms with Crippen LogP contribution in [0.1, 0.15) is 24.3 Å². The normalized spacial score (nSPS) is 20.4. The number of primary amides is 1. The molecule has 2 atom stereocenters. The van der Waals surface area contributed by atoms with Gasteiger partial charge in [-0.1, -0.05) is 12.1 Å². The molecule has 0 radical (unpaired) electrons. The minimum absolute atomic E-state index is 0.0699. The zero-order chi connectivity index (χ0) is 19.4. The Labute approximate surface area is 158 Å². The lowest BCUT2D eigenvalue weighted by Crippen LogP contribution is -2.46. The second-order valence-corrected chi connectivity index (χ2v) is 6.77. The number of amides is 1. The highest BCUT2D eigenvalue weighted by atomic mass is 19.1. The summed E-state index contributed by atoms with van der Waals surface area (Å²) >= 11 is 0. The Kier molecular flexibility index (Phi) is 6.03. The lowest BCUT2D eigenvalue weighted by Gasteiger charge is -2.35. The lowest BCUT2D eigenvalue weighted by atomic mass is 10.0. The Morgan fingerprint density at radius 3 is 2.56 bits per heavy atom. The van der Waals surface area contributed by atoms with E-state index in [1.54, 1.807) is 18.2 Å². The van der Waals surface area contributed by atoms with E-state index in [1.807, 2.05) is 13.8 Å². The molecule has 1 aliphatic heterocycles. The van der Waals surface area contributed by atoms with Crippen LogP contribution < -0.4 is 10.5 Å². The summed E-state index contributed by atoms with van der Waals surface area (Å²) in [5.41, 5.74) is 6.92. The Balaban J connectivity index is 1.78. The number of hydrogen-bond acceptors (Lipinski definition) is 5. The second kappa shape index (κ2) is 8.45. The molecular formula is C20H24FN3O3. The van der Waals surface area contributed by atoms with Crippen molar-refractivity contribution in [1.29, 1.82) is 0 Å². The van der Waals surface area contributed by atoms with E-state index in [4.69, 9.17) is 15.2 Å². The molecule has 144 valence electrons. The highest BCUT2D eigenvalue weighted by Gasteiger charge is 2.23. The van der Waals surface area contributed by atoms with Crippen molar-refractivity contribution in [3.05, 3.63) is 48.0 Å². The molecule has 1 amide bonds. The topological polar surface area (TPSA) is 77.7 Å². The highest BCUT2D eigenvalue weighted by molar-refractivity contribution is 5.96. The van der Waals surface area contributed by atoms with Crippen molar-refractivity contribution in [3.63, 3.8) is 0 Å². The van der Waals surface area contributed by atoms with Crippen molar-refractivity contribution in [2.45, 2.75) is 26.1 Å². The van der Waals surface area contributed by atoms with Gasteiger partial charge in [0.05, 0.1) is 12.2 Å². The molecule has 2 N–H and O–H groups in total. The fourth-order valence-corrected chi connectivity index (χ4v) is 3.37. The van der Waals surface area contributed by atoms with Crippen LogP contribution in [-0.4, -0.2) is 54.2 Å². The molecule has 0 bridgehead atoms. The number of hydrogen-bond donors (Lipinski definition) is 1. The van der Waals surface area contributed by atoms with E-state index in [9.17, 15) is 9.18 Å². The largest absolute Gasteiger partial charge is 0.489 e. The predicted octanol–water partition coefficient (Wildman–Crippen LogP) is 2.47. The quantitative estimate of drug-likeness (QED) is 0.842. The number of nitrogens with two attached hydrogens (primary N) is 1. The van der Waals surface area contributed by atoms with Gasteiger partial charge in [0.25, 0.3) is 5.91 Å². The van der Waals surface area contributed by atoms with Crippen LogP contribution in [0.3, 0.4) is 0 Å². The van der Waals surface area contributed by atoms with Crippen LogP contribution in [0.4, 0.5) is 4.39 Å². The van der Waals surface area contributed by atoms with Crippen molar-refractivity contribution in [1.82, 2.24) is 9.88 Å². The third-order valence-electron chi connectivity index (χ3n) is 4.44. The minimum Gasteiger partial charge on any atom is -0.489 e. The number of ether oxygens (including phenoxy) is 2. The van der Waals surface area contributed by atoms with Gasteiger partial charge in [0, 0.05) is 31.4 Å². The van der Waals surface area contributed by atoms with Gasteiger partial charge in [-0.25, -0.2) is 9.37 Å². The molecule has 1 aliphatic rings. The van der Waals surface area contributed by atoms with Gasteiger partial charge in [-0.15, -0.1) is 0 Å². The van der Waals surface area contributed by atoms with Crippen LogP contribution in [0.5, 0.6) is 5.75 Å². The van der Waals surface area contributed by atoms with Gasteiger partial charge in [0.15, 0.2) is 11.4 Å². The molecule has 2 heterocycles. The number of nitrogens with zero attached hydrogens (tertiary/aromatic N) is 2. The van der Waals surface area contributed by atoms with Crippen LogP contribution in [-0.2, 0) is 4.74 Å². The maximum atomic E-state index is 13.2. The molecular weight excluding hydrogens is 349 g/mol. The SMILES string of the molecule is C[C@@H]1CN(CCOc2c(-c3ccc(F)cc3)ccnc2C(N)=O)C[C@H](C)O1. The Bertz CT molecular complexity index is 788. The van der Waals surface area contributed by atoms with Gasteiger partial charge in [-0.2, -0.15) is 0 Å². The number of rotatable bonds is 6. The minimum atomic E-state index is -0.664.